The molecular weight excluding hydrogens is 236 g/mol. The van der Waals surface area contributed by atoms with E-state index < -0.39 is 0 Å². The molecule has 2 aliphatic rings. The maximum Gasteiger partial charge on any atom is 0.143 e. The van der Waals surface area contributed by atoms with Crippen molar-refractivity contribution in [2.75, 3.05) is 31.5 Å². The Balaban J connectivity index is 1.72. The Morgan fingerprint density at radius 3 is 3.21 bits per heavy atom. The molecule has 1 N–H and O–H groups in total. The van der Waals surface area contributed by atoms with Gasteiger partial charge < -0.3 is 10.1 Å². The van der Waals surface area contributed by atoms with E-state index in [2.05, 4.69) is 35.3 Å². The Hall–Kier alpha value is -1.22. The first-order chi connectivity index (χ1) is 9.36. The number of para-hydroxylation sites is 1. The van der Waals surface area contributed by atoms with Gasteiger partial charge in [-0.1, -0.05) is 19.1 Å². The Morgan fingerprint density at radius 1 is 1.37 bits per heavy atom. The molecule has 1 atom stereocenters. The van der Waals surface area contributed by atoms with Crippen LogP contribution < -0.4 is 10.1 Å². The highest BCUT2D eigenvalue weighted by Crippen LogP contribution is 2.33. The molecule has 1 aromatic carbocycles. The number of aryl methyl sites for hydroxylation is 1. The summed E-state index contributed by atoms with van der Waals surface area (Å²) in [7, 11) is 0. The van der Waals surface area contributed by atoms with Crippen molar-refractivity contribution in [3.05, 3.63) is 23.8 Å². The first-order valence-electron chi connectivity index (χ1n) is 7.61. The minimum Gasteiger partial charge on any atom is -0.487 e. The Kier molecular flexibility index (Phi) is 3.92. The molecule has 3 rings (SSSR count). The van der Waals surface area contributed by atoms with E-state index in [1.165, 1.54) is 43.5 Å². The van der Waals surface area contributed by atoms with E-state index in [1.54, 1.807) is 0 Å². The predicted octanol–water partition coefficient (Wildman–Crippen LogP) is 2.91. The smallest absolute Gasteiger partial charge is 0.143 e. The van der Waals surface area contributed by atoms with Gasteiger partial charge in [0.1, 0.15) is 11.9 Å². The maximum atomic E-state index is 6.28. The second-order valence-corrected chi connectivity index (χ2v) is 5.60. The molecule has 2 heterocycles. The first kappa shape index (κ1) is 12.8. The second-order valence-electron chi connectivity index (χ2n) is 5.60. The quantitative estimate of drug-likeness (QED) is 0.904. The molecule has 1 saturated heterocycles. The Morgan fingerprint density at radius 2 is 2.32 bits per heavy atom. The van der Waals surface area contributed by atoms with Gasteiger partial charge in [-0.05, 0) is 50.4 Å². The van der Waals surface area contributed by atoms with Gasteiger partial charge in [-0.2, -0.15) is 0 Å². The van der Waals surface area contributed by atoms with E-state index >= 15 is 0 Å². The predicted molar refractivity (Wildman–Crippen MR) is 79.0 cm³/mol. The normalized spacial score (nSPS) is 23.5. The number of likely N-dealkylation sites (N-methyl/N-ethyl adjacent to an activating group) is 1. The lowest BCUT2D eigenvalue weighted by Gasteiger charge is -2.33. The summed E-state index contributed by atoms with van der Waals surface area (Å²) in [6.45, 7) is 6.72. The van der Waals surface area contributed by atoms with E-state index in [-0.39, 0.29) is 0 Å². The third-order valence-corrected chi connectivity index (χ3v) is 4.24. The number of nitrogens with one attached hydrogen (secondary N) is 1. The molecule has 0 amide bonds. The lowest BCUT2D eigenvalue weighted by Crippen LogP contribution is -2.41. The molecule has 19 heavy (non-hydrogen) atoms. The molecule has 3 nitrogen and oxygen atoms in total. The highest BCUT2D eigenvalue weighted by atomic mass is 16.5. The third-order valence-electron chi connectivity index (χ3n) is 4.24. The van der Waals surface area contributed by atoms with Crippen LogP contribution in [0.3, 0.4) is 0 Å². The average Bonchev–Trinajstić information content (AvgIpc) is 2.48. The third kappa shape index (κ3) is 2.86. The number of fused-ring (bicyclic) bond motifs is 1. The average molecular weight is 260 g/mol. The van der Waals surface area contributed by atoms with E-state index in [4.69, 9.17) is 4.74 Å². The number of benzene rings is 1. The minimum atomic E-state index is 0.351. The number of piperidine rings is 1. The van der Waals surface area contributed by atoms with Gasteiger partial charge >= 0.3 is 0 Å². The highest BCUT2D eigenvalue weighted by Gasteiger charge is 2.22. The maximum absolute atomic E-state index is 6.28. The molecule has 1 unspecified atom stereocenters. The molecule has 104 valence electrons. The number of hydrogen-bond donors (Lipinski definition) is 1. The number of likely N-dealkylation sites (tertiary alicyclic amines) is 1. The van der Waals surface area contributed by atoms with E-state index in [0.717, 1.165) is 25.4 Å². The van der Waals surface area contributed by atoms with Gasteiger partial charge in [0.15, 0.2) is 0 Å². The number of rotatable bonds is 3. The van der Waals surface area contributed by atoms with Crippen LogP contribution in [0.25, 0.3) is 0 Å². The lowest BCUT2D eigenvalue weighted by atomic mass is 10.0. The van der Waals surface area contributed by atoms with E-state index in [0.29, 0.717) is 6.10 Å². The molecule has 2 aliphatic heterocycles. The molecule has 1 aromatic rings. The largest absolute Gasteiger partial charge is 0.487 e. The Labute approximate surface area is 115 Å². The number of ether oxygens (including phenoxy) is 1. The summed E-state index contributed by atoms with van der Waals surface area (Å²) >= 11 is 0. The summed E-state index contributed by atoms with van der Waals surface area (Å²) in [5.41, 5.74) is 2.65. The second kappa shape index (κ2) is 5.83. The monoisotopic (exact) mass is 260 g/mol. The molecule has 0 radical (unpaired) electrons. The summed E-state index contributed by atoms with van der Waals surface area (Å²) in [6, 6.07) is 6.46. The van der Waals surface area contributed by atoms with Crippen LogP contribution in [0, 0.1) is 0 Å². The van der Waals surface area contributed by atoms with Crippen LogP contribution in [0.5, 0.6) is 5.75 Å². The SMILES string of the molecule is CCN1CCCC(Oc2cccc3c2NCCC3)C1. The zero-order chi connectivity index (χ0) is 13.1. The fraction of sp³-hybridized carbons (Fsp3) is 0.625. The standard InChI is InChI=1S/C16H24N2O/c1-2-18-11-5-8-14(12-18)19-15-9-3-6-13-7-4-10-17-16(13)15/h3,6,9,14,17H,2,4-5,7-8,10-12H2,1H3. The van der Waals surface area contributed by atoms with Gasteiger partial charge in [0, 0.05) is 13.1 Å². The van der Waals surface area contributed by atoms with Crippen LogP contribution in [-0.4, -0.2) is 37.2 Å². The summed E-state index contributed by atoms with van der Waals surface area (Å²) in [5.74, 6) is 1.06. The van der Waals surface area contributed by atoms with Crippen LogP contribution in [0.4, 0.5) is 5.69 Å². The summed E-state index contributed by atoms with van der Waals surface area (Å²) in [4.78, 5) is 2.48. The van der Waals surface area contributed by atoms with Crippen molar-refractivity contribution in [1.82, 2.24) is 4.90 Å². The highest BCUT2D eigenvalue weighted by molar-refractivity contribution is 5.63. The van der Waals surface area contributed by atoms with Gasteiger partial charge in [0.05, 0.1) is 5.69 Å². The topological polar surface area (TPSA) is 24.5 Å². The first-order valence-corrected chi connectivity index (χ1v) is 7.61. The molecule has 3 heteroatoms. The molecule has 0 saturated carbocycles. The van der Waals surface area contributed by atoms with E-state index in [1.807, 2.05) is 0 Å². The van der Waals surface area contributed by atoms with Crippen LogP contribution in [0.15, 0.2) is 18.2 Å². The van der Waals surface area contributed by atoms with Gasteiger partial charge in [0.25, 0.3) is 0 Å². The van der Waals surface area contributed by atoms with Crippen molar-refractivity contribution >= 4 is 5.69 Å². The fourth-order valence-corrected chi connectivity index (χ4v) is 3.15. The van der Waals surface area contributed by atoms with Crippen molar-refractivity contribution in [3.8, 4) is 5.75 Å². The molecule has 0 spiro atoms. The van der Waals surface area contributed by atoms with Crippen LogP contribution in [0.1, 0.15) is 31.7 Å². The van der Waals surface area contributed by atoms with Crippen molar-refractivity contribution in [2.24, 2.45) is 0 Å². The number of hydrogen-bond acceptors (Lipinski definition) is 3. The summed E-state index contributed by atoms with van der Waals surface area (Å²) in [5, 5.41) is 3.51. The molecule has 1 fully saturated rings. The van der Waals surface area contributed by atoms with Crippen molar-refractivity contribution in [1.29, 1.82) is 0 Å². The fourth-order valence-electron chi connectivity index (χ4n) is 3.15. The van der Waals surface area contributed by atoms with Gasteiger partial charge in [-0.3, -0.25) is 4.90 Å². The molecule has 0 aromatic heterocycles. The molecular formula is C16H24N2O. The van der Waals surface area contributed by atoms with Crippen molar-refractivity contribution < 1.29 is 4.74 Å². The van der Waals surface area contributed by atoms with Crippen LogP contribution in [-0.2, 0) is 6.42 Å². The van der Waals surface area contributed by atoms with Gasteiger partial charge in [-0.15, -0.1) is 0 Å². The van der Waals surface area contributed by atoms with Gasteiger partial charge in [0.2, 0.25) is 0 Å². The van der Waals surface area contributed by atoms with Crippen molar-refractivity contribution in [3.63, 3.8) is 0 Å². The zero-order valence-corrected chi connectivity index (χ0v) is 11.8. The Bertz CT molecular complexity index is 433. The zero-order valence-electron chi connectivity index (χ0n) is 11.8. The summed E-state index contributed by atoms with van der Waals surface area (Å²) in [6.07, 6.45) is 5.18. The molecule has 0 aliphatic carbocycles. The summed E-state index contributed by atoms with van der Waals surface area (Å²) < 4.78 is 6.28. The van der Waals surface area contributed by atoms with E-state index in [9.17, 15) is 0 Å². The number of nitrogens with zero attached hydrogens (tertiary/aromatic N) is 1. The van der Waals surface area contributed by atoms with Crippen molar-refractivity contribution in [2.45, 2.75) is 38.7 Å². The minimum absolute atomic E-state index is 0.351. The molecule has 0 bridgehead atoms. The van der Waals surface area contributed by atoms with Crippen LogP contribution in [0.2, 0.25) is 0 Å². The lowest BCUT2D eigenvalue weighted by molar-refractivity contribution is 0.0924. The number of anilines is 1. The van der Waals surface area contributed by atoms with Crippen LogP contribution >= 0.6 is 0 Å². The van der Waals surface area contributed by atoms with Gasteiger partial charge in [-0.25, -0.2) is 0 Å².